The number of nitriles is 1. The predicted octanol–water partition coefficient (Wildman–Crippen LogP) is 7.19. The van der Waals surface area contributed by atoms with Crippen molar-refractivity contribution in [3.63, 3.8) is 0 Å². The third-order valence-electron chi connectivity index (χ3n) is 5.43. The van der Waals surface area contributed by atoms with E-state index in [4.69, 9.17) is 8.83 Å². The molecule has 1 N–H and O–H groups in total. The minimum Gasteiger partial charge on any atom is -0.478 e. The van der Waals surface area contributed by atoms with Gasteiger partial charge < -0.3 is 13.9 Å². The summed E-state index contributed by atoms with van der Waals surface area (Å²) in [6.45, 7) is 0. The van der Waals surface area contributed by atoms with Crippen LogP contribution in [0.25, 0.3) is 33.8 Å². The summed E-state index contributed by atoms with van der Waals surface area (Å²) in [6.07, 6.45) is 1.48. The number of carboxylic acid groups (broad SMARTS) is 1. The summed E-state index contributed by atoms with van der Waals surface area (Å²) in [6, 6.07) is 31.3. The van der Waals surface area contributed by atoms with Gasteiger partial charge in [0.1, 0.15) is 28.9 Å². The molecule has 0 saturated heterocycles. The van der Waals surface area contributed by atoms with E-state index in [-0.39, 0.29) is 11.4 Å². The number of benzene rings is 3. The van der Waals surface area contributed by atoms with Gasteiger partial charge >= 0.3 is 5.97 Å². The molecule has 5 rings (SSSR count). The molecule has 0 atom stereocenters. The van der Waals surface area contributed by atoms with Crippen LogP contribution in [0.15, 0.2) is 111 Å². The number of nitrogens with zero attached hydrogens (tertiary/aromatic N) is 2. The van der Waals surface area contributed by atoms with Gasteiger partial charge in [-0.05, 0) is 29.8 Å². The lowest BCUT2D eigenvalue weighted by Crippen LogP contribution is -1.95. The van der Waals surface area contributed by atoms with Crippen LogP contribution in [-0.2, 0) is 0 Å². The molecule has 0 bridgehead atoms. The Bertz CT molecular complexity index is 1570. The molecule has 3 aromatic carbocycles. The van der Waals surface area contributed by atoms with Gasteiger partial charge in [0.2, 0.25) is 5.88 Å². The van der Waals surface area contributed by atoms with Crippen molar-refractivity contribution in [1.82, 2.24) is 0 Å². The van der Waals surface area contributed by atoms with Crippen molar-refractivity contribution >= 4 is 18.1 Å². The first kappa shape index (κ1) is 21.7. The molecule has 0 amide bonds. The highest BCUT2D eigenvalue weighted by atomic mass is 16.4. The second-order valence-corrected chi connectivity index (χ2v) is 7.68. The minimum atomic E-state index is -1.01. The Morgan fingerprint density at radius 3 is 2.20 bits per heavy atom. The van der Waals surface area contributed by atoms with E-state index in [1.54, 1.807) is 30.3 Å². The molecule has 35 heavy (non-hydrogen) atoms. The van der Waals surface area contributed by atoms with Gasteiger partial charge in [-0.15, -0.1) is 0 Å². The monoisotopic (exact) mass is 458 g/mol. The van der Waals surface area contributed by atoms with Crippen molar-refractivity contribution in [2.75, 3.05) is 0 Å². The third kappa shape index (κ3) is 4.39. The van der Waals surface area contributed by atoms with Crippen molar-refractivity contribution in [3.05, 3.63) is 114 Å². The number of rotatable bonds is 6. The molecule has 0 fully saturated rings. The first-order chi connectivity index (χ1) is 17.1. The van der Waals surface area contributed by atoms with Crippen LogP contribution in [0, 0.1) is 11.3 Å². The number of carboxylic acids is 1. The Morgan fingerprint density at radius 2 is 1.51 bits per heavy atom. The molecular formula is C29H18N2O4. The van der Waals surface area contributed by atoms with Gasteiger partial charge in [-0.1, -0.05) is 72.8 Å². The molecule has 5 aromatic rings. The Hall–Kier alpha value is -5.15. The highest BCUT2D eigenvalue weighted by Gasteiger charge is 2.22. The van der Waals surface area contributed by atoms with E-state index in [1.807, 2.05) is 60.7 Å². The number of hydrogen-bond acceptors (Lipinski definition) is 5. The summed E-state index contributed by atoms with van der Waals surface area (Å²) in [5.41, 5.74) is 3.50. The van der Waals surface area contributed by atoms with Crippen molar-refractivity contribution in [2.45, 2.75) is 0 Å². The van der Waals surface area contributed by atoms with Crippen LogP contribution in [-0.4, -0.2) is 17.3 Å². The first-order valence-corrected chi connectivity index (χ1v) is 10.8. The van der Waals surface area contributed by atoms with Gasteiger partial charge in [0.05, 0.1) is 11.8 Å². The Kier molecular flexibility index (Phi) is 5.81. The van der Waals surface area contributed by atoms with Crippen molar-refractivity contribution in [1.29, 1.82) is 5.26 Å². The van der Waals surface area contributed by atoms with E-state index in [1.165, 1.54) is 12.3 Å². The van der Waals surface area contributed by atoms with Gasteiger partial charge in [-0.2, -0.15) is 5.26 Å². The lowest BCUT2D eigenvalue weighted by Gasteiger charge is -2.03. The van der Waals surface area contributed by atoms with Crippen molar-refractivity contribution in [2.24, 2.45) is 4.99 Å². The molecule has 0 saturated carbocycles. The fourth-order valence-corrected chi connectivity index (χ4v) is 3.79. The molecule has 0 aliphatic heterocycles. The standard InChI is InChI=1S/C29H18N2O4/c30-17-24-26(19-8-3-1-4-9-19)27(20-10-5-2-6-11-20)35-28(24)31-18-23-14-15-25(34-23)21-12-7-13-22(16-21)29(32)33/h1-16,18H,(H,32,33). The molecule has 6 nitrogen and oxygen atoms in total. The maximum Gasteiger partial charge on any atom is 0.335 e. The van der Waals surface area contributed by atoms with Gasteiger partial charge in [0.25, 0.3) is 0 Å². The molecular weight excluding hydrogens is 440 g/mol. The predicted molar refractivity (Wildman–Crippen MR) is 133 cm³/mol. The minimum absolute atomic E-state index is 0.172. The zero-order valence-corrected chi connectivity index (χ0v) is 18.4. The summed E-state index contributed by atoms with van der Waals surface area (Å²) >= 11 is 0. The lowest BCUT2D eigenvalue weighted by molar-refractivity contribution is 0.0697. The van der Waals surface area contributed by atoms with Gasteiger partial charge in [0, 0.05) is 16.7 Å². The van der Waals surface area contributed by atoms with E-state index in [9.17, 15) is 15.2 Å². The molecule has 0 aliphatic carbocycles. The number of aromatic carboxylic acids is 1. The van der Waals surface area contributed by atoms with Crippen LogP contribution in [0.1, 0.15) is 21.7 Å². The highest BCUT2D eigenvalue weighted by Crippen LogP contribution is 2.42. The zero-order valence-electron chi connectivity index (χ0n) is 18.4. The molecule has 0 aliphatic rings. The van der Waals surface area contributed by atoms with Crippen LogP contribution in [0.4, 0.5) is 5.88 Å². The third-order valence-corrected chi connectivity index (χ3v) is 5.43. The second kappa shape index (κ2) is 9.38. The van der Waals surface area contributed by atoms with Crippen LogP contribution >= 0.6 is 0 Å². The second-order valence-electron chi connectivity index (χ2n) is 7.68. The number of aliphatic imine (C=N–C) groups is 1. The molecule has 168 valence electrons. The average Bonchev–Trinajstić information content (AvgIpc) is 3.53. The summed E-state index contributed by atoms with van der Waals surface area (Å²) in [4.78, 5) is 15.7. The van der Waals surface area contributed by atoms with Gasteiger partial charge in [-0.3, -0.25) is 0 Å². The van der Waals surface area contributed by atoms with E-state index in [2.05, 4.69) is 11.1 Å². The molecule has 0 radical (unpaired) electrons. The van der Waals surface area contributed by atoms with Crippen LogP contribution < -0.4 is 0 Å². The van der Waals surface area contributed by atoms with E-state index in [0.717, 1.165) is 11.1 Å². The lowest BCUT2D eigenvalue weighted by atomic mass is 9.98. The summed E-state index contributed by atoms with van der Waals surface area (Å²) in [5, 5.41) is 19.2. The molecule has 0 unspecified atom stereocenters. The fourth-order valence-electron chi connectivity index (χ4n) is 3.79. The Labute approximate surface area is 201 Å². The SMILES string of the molecule is N#Cc1c(N=Cc2ccc(-c3cccc(C(=O)O)c3)o2)oc(-c2ccccc2)c1-c1ccccc1. The molecule has 6 heteroatoms. The van der Waals surface area contributed by atoms with Gasteiger partial charge in [0.15, 0.2) is 0 Å². The number of furan rings is 2. The van der Waals surface area contributed by atoms with Crippen molar-refractivity contribution in [3.8, 4) is 39.8 Å². The Balaban J connectivity index is 1.54. The molecule has 2 aromatic heterocycles. The number of hydrogen-bond donors (Lipinski definition) is 1. The van der Waals surface area contributed by atoms with Gasteiger partial charge in [-0.25, -0.2) is 9.79 Å². The quantitative estimate of drug-likeness (QED) is 0.271. The van der Waals surface area contributed by atoms with E-state index >= 15 is 0 Å². The Morgan fingerprint density at radius 1 is 0.829 bits per heavy atom. The molecule has 0 spiro atoms. The number of carbonyl (C=O) groups is 1. The van der Waals surface area contributed by atoms with E-state index < -0.39 is 5.97 Å². The van der Waals surface area contributed by atoms with Crippen LogP contribution in [0.2, 0.25) is 0 Å². The highest BCUT2D eigenvalue weighted by molar-refractivity contribution is 5.90. The average molecular weight is 458 g/mol. The van der Waals surface area contributed by atoms with Crippen LogP contribution in [0.3, 0.4) is 0 Å². The summed E-state index contributed by atoms with van der Waals surface area (Å²) < 4.78 is 11.9. The maximum absolute atomic E-state index is 11.3. The normalized spacial score (nSPS) is 10.9. The summed E-state index contributed by atoms with van der Waals surface area (Å²) in [5.74, 6) is 0.667. The van der Waals surface area contributed by atoms with Crippen LogP contribution in [0.5, 0.6) is 0 Å². The topological polar surface area (TPSA) is 99.7 Å². The van der Waals surface area contributed by atoms with Crippen molar-refractivity contribution < 1.29 is 18.7 Å². The summed E-state index contributed by atoms with van der Waals surface area (Å²) in [7, 11) is 0. The maximum atomic E-state index is 11.3. The smallest absolute Gasteiger partial charge is 0.335 e. The first-order valence-electron chi connectivity index (χ1n) is 10.8. The largest absolute Gasteiger partial charge is 0.478 e. The molecule has 2 heterocycles. The van der Waals surface area contributed by atoms with E-state index in [0.29, 0.717) is 34.0 Å². The zero-order chi connectivity index (χ0) is 24.2. The fraction of sp³-hybridized carbons (Fsp3) is 0.